The third-order valence-corrected chi connectivity index (χ3v) is 7.88. The van der Waals surface area contributed by atoms with Gasteiger partial charge < -0.3 is 15.1 Å². The third-order valence-electron chi connectivity index (χ3n) is 7.88. The van der Waals surface area contributed by atoms with Gasteiger partial charge in [-0.1, -0.05) is 43.5 Å². The predicted octanol–water partition coefficient (Wildman–Crippen LogP) is 4.07. The molecule has 0 amide bonds. The Morgan fingerprint density at radius 2 is 1.69 bits per heavy atom. The minimum atomic E-state index is 0.163. The highest BCUT2D eigenvalue weighted by molar-refractivity contribution is 5.99. The number of anilines is 2. The highest BCUT2D eigenvalue weighted by Crippen LogP contribution is 2.25. The summed E-state index contributed by atoms with van der Waals surface area (Å²) in [5.74, 6) is 2.27. The molecule has 0 aliphatic carbocycles. The molecule has 35 heavy (non-hydrogen) atoms. The highest BCUT2D eigenvalue weighted by atomic mass is 16.1. The van der Waals surface area contributed by atoms with E-state index in [1.54, 1.807) is 0 Å². The first kappa shape index (κ1) is 24.2. The van der Waals surface area contributed by atoms with Gasteiger partial charge in [0.1, 0.15) is 5.82 Å². The van der Waals surface area contributed by atoms with Crippen molar-refractivity contribution in [3.05, 3.63) is 47.7 Å². The number of rotatable bonds is 7. The van der Waals surface area contributed by atoms with E-state index < -0.39 is 0 Å². The first-order valence-corrected chi connectivity index (χ1v) is 13.5. The number of likely N-dealkylation sites (tertiary alicyclic amines) is 2. The smallest absolute Gasteiger partial charge is 0.224 e. The molecular weight excluding hydrogens is 436 g/mol. The summed E-state index contributed by atoms with van der Waals surface area (Å²) < 4.78 is 0. The van der Waals surface area contributed by atoms with Crippen LogP contribution in [0.15, 0.2) is 36.5 Å². The molecular formula is C28H40N6O. The number of hydrogen-bond donors (Lipinski definition) is 1. The molecule has 1 aromatic heterocycles. The van der Waals surface area contributed by atoms with Crippen LogP contribution in [0.5, 0.6) is 0 Å². The molecule has 3 saturated heterocycles. The second kappa shape index (κ2) is 11.5. The summed E-state index contributed by atoms with van der Waals surface area (Å²) in [5.41, 5.74) is 2.08. The number of piperidine rings is 1. The number of carbonyl (C=O) groups is 1. The molecule has 7 heteroatoms. The normalized spacial score (nSPS) is 21.2. The van der Waals surface area contributed by atoms with Gasteiger partial charge in [-0.15, -0.1) is 0 Å². The van der Waals surface area contributed by atoms with E-state index in [-0.39, 0.29) is 5.92 Å². The van der Waals surface area contributed by atoms with Crippen molar-refractivity contribution in [2.75, 3.05) is 56.5 Å². The Morgan fingerprint density at radius 3 is 2.46 bits per heavy atom. The fourth-order valence-corrected chi connectivity index (χ4v) is 5.67. The summed E-state index contributed by atoms with van der Waals surface area (Å²) in [6.07, 6.45) is 10.3. The van der Waals surface area contributed by atoms with Gasteiger partial charge in [0.2, 0.25) is 5.95 Å². The van der Waals surface area contributed by atoms with E-state index >= 15 is 0 Å². The van der Waals surface area contributed by atoms with Crippen LogP contribution >= 0.6 is 0 Å². The molecule has 4 heterocycles. The van der Waals surface area contributed by atoms with Crippen LogP contribution in [0, 0.1) is 5.92 Å². The lowest BCUT2D eigenvalue weighted by molar-refractivity contribution is 0.0852. The molecule has 5 rings (SSSR count). The summed E-state index contributed by atoms with van der Waals surface area (Å²) in [7, 11) is 2.14. The molecule has 3 fully saturated rings. The van der Waals surface area contributed by atoms with Crippen molar-refractivity contribution in [3.63, 3.8) is 0 Å². The molecule has 3 aliphatic rings. The van der Waals surface area contributed by atoms with Gasteiger partial charge in [0, 0.05) is 50.4 Å². The Bertz CT molecular complexity index is 975. The number of Topliss-reactive ketones (excluding diaryl/α,β-unsaturated/α-hetero) is 1. The second-order valence-electron chi connectivity index (χ2n) is 10.6. The number of hydrogen-bond acceptors (Lipinski definition) is 7. The predicted molar refractivity (Wildman–Crippen MR) is 141 cm³/mol. The Balaban J connectivity index is 1.14. The maximum Gasteiger partial charge on any atom is 0.224 e. The Hall–Kier alpha value is -2.51. The van der Waals surface area contributed by atoms with Crippen molar-refractivity contribution in [2.45, 2.75) is 57.5 Å². The zero-order valence-corrected chi connectivity index (χ0v) is 21.2. The maximum absolute atomic E-state index is 13.3. The van der Waals surface area contributed by atoms with E-state index in [1.165, 1.54) is 32.1 Å². The van der Waals surface area contributed by atoms with E-state index in [9.17, 15) is 4.79 Å². The van der Waals surface area contributed by atoms with Gasteiger partial charge in [0.25, 0.3) is 0 Å². The Kier molecular flexibility index (Phi) is 7.94. The van der Waals surface area contributed by atoms with E-state index in [0.717, 1.165) is 81.5 Å². The molecule has 0 atom stereocenters. The fraction of sp³-hybridized carbons (Fsp3) is 0.607. The first-order valence-electron chi connectivity index (χ1n) is 13.5. The summed E-state index contributed by atoms with van der Waals surface area (Å²) in [6, 6.07) is 10.6. The molecule has 1 aromatic carbocycles. The van der Waals surface area contributed by atoms with Gasteiger partial charge in [-0.25, -0.2) is 4.98 Å². The van der Waals surface area contributed by atoms with Crippen molar-refractivity contribution < 1.29 is 4.79 Å². The summed E-state index contributed by atoms with van der Waals surface area (Å²) in [5, 5.41) is 3.53. The SMILES string of the molecule is CN1CCC(C(=O)c2ccccc2CN2CC(Nc3nccc(N4CCCCCCC4)n3)C2)CC1. The van der Waals surface area contributed by atoms with Crippen molar-refractivity contribution >= 4 is 17.5 Å². The van der Waals surface area contributed by atoms with Crippen molar-refractivity contribution in [2.24, 2.45) is 5.92 Å². The van der Waals surface area contributed by atoms with Crippen molar-refractivity contribution in [1.82, 2.24) is 19.8 Å². The fourth-order valence-electron chi connectivity index (χ4n) is 5.67. The van der Waals surface area contributed by atoms with E-state index in [1.807, 2.05) is 24.4 Å². The van der Waals surface area contributed by atoms with E-state index in [2.05, 4.69) is 44.2 Å². The second-order valence-corrected chi connectivity index (χ2v) is 10.6. The number of nitrogens with one attached hydrogen (secondary N) is 1. The van der Waals surface area contributed by atoms with Crippen LogP contribution in [0.4, 0.5) is 11.8 Å². The lowest BCUT2D eigenvalue weighted by Crippen LogP contribution is -2.54. The molecule has 188 valence electrons. The van der Waals surface area contributed by atoms with Crippen LogP contribution in [0.1, 0.15) is 60.9 Å². The van der Waals surface area contributed by atoms with Crippen LogP contribution in [-0.4, -0.2) is 77.9 Å². The number of benzene rings is 1. The number of carbonyl (C=O) groups excluding carboxylic acids is 1. The Morgan fingerprint density at radius 1 is 0.971 bits per heavy atom. The summed E-state index contributed by atoms with van der Waals surface area (Å²) in [6.45, 7) is 6.90. The molecule has 7 nitrogen and oxygen atoms in total. The van der Waals surface area contributed by atoms with Gasteiger partial charge in [0.05, 0.1) is 6.04 Å². The monoisotopic (exact) mass is 476 g/mol. The lowest BCUT2D eigenvalue weighted by atomic mass is 9.87. The van der Waals surface area contributed by atoms with Crippen LogP contribution in [0.3, 0.4) is 0 Å². The molecule has 0 spiro atoms. The topological polar surface area (TPSA) is 64.6 Å². The van der Waals surface area contributed by atoms with Gasteiger partial charge in [0.15, 0.2) is 5.78 Å². The number of aromatic nitrogens is 2. The number of nitrogens with zero attached hydrogens (tertiary/aromatic N) is 5. The van der Waals surface area contributed by atoms with Gasteiger partial charge >= 0.3 is 0 Å². The van der Waals surface area contributed by atoms with Crippen LogP contribution in [0.25, 0.3) is 0 Å². The van der Waals surface area contributed by atoms with Crippen molar-refractivity contribution in [3.8, 4) is 0 Å². The summed E-state index contributed by atoms with van der Waals surface area (Å²) >= 11 is 0. The molecule has 2 aromatic rings. The highest BCUT2D eigenvalue weighted by Gasteiger charge is 2.30. The third kappa shape index (κ3) is 6.19. The standard InChI is InChI=1S/C28H40N6O/c1-32-17-12-22(13-18-32)27(35)25-10-6-5-9-23(25)19-33-20-24(21-33)30-28-29-14-11-26(31-28)34-15-7-3-2-4-8-16-34/h5-6,9-11,14,22,24H,2-4,7-8,12-13,15-21H2,1H3,(H,29,30,31). The largest absolute Gasteiger partial charge is 0.356 e. The Labute approximate surface area is 209 Å². The maximum atomic E-state index is 13.3. The average Bonchev–Trinajstić information content (AvgIpc) is 2.83. The molecule has 0 bridgehead atoms. The molecule has 0 unspecified atom stereocenters. The van der Waals surface area contributed by atoms with Crippen LogP contribution < -0.4 is 10.2 Å². The molecule has 0 saturated carbocycles. The minimum Gasteiger partial charge on any atom is -0.356 e. The van der Waals surface area contributed by atoms with Gasteiger partial charge in [-0.2, -0.15) is 4.98 Å². The quantitative estimate of drug-likeness (QED) is 0.605. The zero-order chi connectivity index (χ0) is 24.0. The van der Waals surface area contributed by atoms with Crippen LogP contribution in [-0.2, 0) is 6.54 Å². The van der Waals surface area contributed by atoms with Crippen LogP contribution in [0.2, 0.25) is 0 Å². The first-order chi connectivity index (χ1) is 17.2. The van der Waals surface area contributed by atoms with Crippen molar-refractivity contribution in [1.29, 1.82) is 0 Å². The van der Waals surface area contributed by atoms with Gasteiger partial charge in [-0.3, -0.25) is 9.69 Å². The van der Waals surface area contributed by atoms with E-state index in [0.29, 0.717) is 11.8 Å². The summed E-state index contributed by atoms with van der Waals surface area (Å²) in [4.78, 5) is 29.7. The zero-order valence-electron chi connectivity index (χ0n) is 21.2. The lowest BCUT2D eigenvalue weighted by Gasteiger charge is -2.40. The molecule has 1 N–H and O–H groups in total. The number of ketones is 1. The van der Waals surface area contributed by atoms with Gasteiger partial charge in [-0.05, 0) is 57.5 Å². The molecule has 0 radical (unpaired) electrons. The minimum absolute atomic E-state index is 0.163. The van der Waals surface area contributed by atoms with E-state index in [4.69, 9.17) is 4.98 Å². The average molecular weight is 477 g/mol. The molecule has 3 aliphatic heterocycles.